The maximum Gasteiger partial charge on any atom is 0.433 e. The van der Waals surface area contributed by atoms with Crippen LogP contribution in [0.5, 0.6) is 0 Å². The van der Waals surface area contributed by atoms with E-state index in [-0.39, 0.29) is 11.1 Å². The molecule has 27 heavy (non-hydrogen) atoms. The first kappa shape index (κ1) is 18.9. The first-order chi connectivity index (χ1) is 12.9. The van der Waals surface area contributed by atoms with E-state index in [1.807, 2.05) is 6.07 Å². The lowest BCUT2D eigenvalue weighted by molar-refractivity contribution is -0.141. The molecule has 138 valence electrons. The lowest BCUT2D eigenvalue weighted by atomic mass is 10.1. The van der Waals surface area contributed by atoms with Crippen LogP contribution in [0.1, 0.15) is 16.5 Å². The molecule has 3 aromatic rings. The van der Waals surface area contributed by atoms with Crippen molar-refractivity contribution >= 4 is 23.4 Å². The molecule has 8 heteroatoms. The number of thioether (sulfide) groups is 1. The van der Waals surface area contributed by atoms with Crippen LogP contribution < -0.4 is 5.32 Å². The van der Waals surface area contributed by atoms with Crippen molar-refractivity contribution in [1.82, 2.24) is 9.97 Å². The van der Waals surface area contributed by atoms with Gasteiger partial charge in [-0.2, -0.15) is 13.2 Å². The fourth-order valence-electron chi connectivity index (χ4n) is 2.29. The van der Waals surface area contributed by atoms with Crippen LogP contribution in [0.2, 0.25) is 0 Å². The predicted molar refractivity (Wildman–Crippen MR) is 97.1 cm³/mol. The van der Waals surface area contributed by atoms with Gasteiger partial charge in [-0.3, -0.25) is 4.79 Å². The van der Waals surface area contributed by atoms with Gasteiger partial charge in [0.25, 0.3) is 0 Å². The van der Waals surface area contributed by atoms with Gasteiger partial charge in [0.15, 0.2) is 5.16 Å². The van der Waals surface area contributed by atoms with Gasteiger partial charge in [0.1, 0.15) is 10.9 Å². The summed E-state index contributed by atoms with van der Waals surface area (Å²) >= 11 is 0.865. The van der Waals surface area contributed by atoms with Crippen LogP contribution in [-0.4, -0.2) is 15.9 Å². The van der Waals surface area contributed by atoms with E-state index in [0.29, 0.717) is 11.3 Å². The number of halogens is 3. The molecule has 1 amide bonds. The fourth-order valence-corrected chi connectivity index (χ4v) is 3.23. The second-order valence-electron chi connectivity index (χ2n) is 5.49. The molecule has 3 rings (SSSR count). The monoisotopic (exact) mass is 389 g/mol. The minimum atomic E-state index is -4.58. The van der Waals surface area contributed by atoms with Crippen molar-refractivity contribution in [2.24, 2.45) is 0 Å². The summed E-state index contributed by atoms with van der Waals surface area (Å²) in [5, 5.41) is 1.83. The normalized spacial score (nSPS) is 12.4. The molecule has 0 aliphatic heterocycles. The number of alkyl halides is 3. The number of anilines is 1. The Balaban J connectivity index is 1.88. The first-order valence-corrected chi connectivity index (χ1v) is 8.79. The van der Waals surface area contributed by atoms with E-state index in [1.54, 1.807) is 54.6 Å². The highest BCUT2D eigenvalue weighted by Crippen LogP contribution is 2.36. The van der Waals surface area contributed by atoms with Crippen LogP contribution in [0, 0.1) is 0 Å². The molecule has 0 saturated carbocycles. The molecular formula is C19H14F3N3OS. The third kappa shape index (κ3) is 5.07. The Bertz CT molecular complexity index is 905. The van der Waals surface area contributed by atoms with Crippen LogP contribution in [0.25, 0.3) is 0 Å². The van der Waals surface area contributed by atoms with Gasteiger partial charge in [0.05, 0.1) is 0 Å². The van der Waals surface area contributed by atoms with E-state index in [4.69, 9.17) is 0 Å². The highest BCUT2D eigenvalue weighted by atomic mass is 32.2. The Labute approximate surface area is 157 Å². The molecule has 1 unspecified atom stereocenters. The van der Waals surface area contributed by atoms with Gasteiger partial charge in [0, 0.05) is 11.9 Å². The number of nitrogens with zero attached hydrogens (tertiary/aromatic N) is 2. The lowest BCUT2D eigenvalue weighted by Crippen LogP contribution is -2.19. The fraction of sp³-hybridized carbons (Fsp3) is 0.105. The second kappa shape index (κ2) is 8.22. The van der Waals surface area contributed by atoms with Crippen molar-refractivity contribution in [3.8, 4) is 0 Å². The van der Waals surface area contributed by atoms with Gasteiger partial charge >= 0.3 is 6.18 Å². The quantitative estimate of drug-likeness (QED) is 0.495. The molecule has 0 radical (unpaired) electrons. The Morgan fingerprint density at radius 3 is 2.22 bits per heavy atom. The molecule has 0 aliphatic carbocycles. The first-order valence-electron chi connectivity index (χ1n) is 7.91. The molecule has 0 spiro atoms. The molecule has 0 aliphatic rings. The molecule has 0 bridgehead atoms. The molecule has 1 N–H and O–H groups in total. The number of hydrogen-bond acceptors (Lipinski definition) is 4. The number of carbonyl (C=O) groups is 1. The number of benzene rings is 2. The van der Waals surface area contributed by atoms with Crippen molar-refractivity contribution in [3.05, 3.63) is 84.2 Å². The van der Waals surface area contributed by atoms with Crippen molar-refractivity contribution in [2.45, 2.75) is 16.6 Å². The van der Waals surface area contributed by atoms with Crippen molar-refractivity contribution < 1.29 is 18.0 Å². The molecule has 1 heterocycles. The number of hydrogen-bond donors (Lipinski definition) is 1. The van der Waals surface area contributed by atoms with Gasteiger partial charge in [-0.15, -0.1) is 0 Å². The summed E-state index contributed by atoms with van der Waals surface area (Å²) in [6, 6.07) is 18.4. The Hall–Kier alpha value is -2.87. The predicted octanol–water partition coefficient (Wildman–Crippen LogP) is 4.97. The van der Waals surface area contributed by atoms with Crippen molar-refractivity contribution in [3.63, 3.8) is 0 Å². The molecule has 1 atom stereocenters. The largest absolute Gasteiger partial charge is 0.433 e. The SMILES string of the molecule is O=C(Nc1ccccc1)C(Sc1nccc(C(F)(F)F)n1)c1ccccc1. The lowest BCUT2D eigenvalue weighted by Gasteiger charge is -2.16. The summed E-state index contributed by atoms with van der Waals surface area (Å²) in [5.41, 5.74) is 0.182. The standard InChI is InChI=1S/C19H14F3N3OS/c20-19(21,22)15-11-12-23-18(25-15)27-16(13-7-3-1-4-8-13)17(26)24-14-9-5-2-6-10-14/h1-12,16H,(H,24,26). The smallest absolute Gasteiger partial charge is 0.325 e. The van der Waals surface area contributed by atoms with Crippen LogP contribution in [0.15, 0.2) is 78.1 Å². The zero-order valence-electron chi connectivity index (χ0n) is 13.9. The summed E-state index contributed by atoms with van der Waals surface area (Å²) in [4.78, 5) is 20.2. The average molecular weight is 389 g/mol. The Kier molecular flexibility index (Phi) is 5.75. The van der Waals surface area contributed by atoms with E-state index in [1.165, 1.54) is 0 Å². The molecule has 0 saturated heterocycles. The van der Waals surface area contributed by atoms with Gasteiger partial charge in [-0.1, -0.05) is 60.3 Å². The van der Waals surface area contributed by atoms with Gasteiger partial charge in [-0.25, -0.2) is 9.97 Å². The third-order valence-corrected chi connectivity index (χ3v) is 4.66. The summed E-state index contributed by atoms with van der Waals surface area (Å²) in [6.07, 6.45) is -3.54. The van der Waals surface area contributed by atoms with Gasteiger partial charge in [0.2, 0.25) is 5.91 Å². The number of rotatable bonds is 5. The van der Waals surface area contributed by atoms with E-state index in [9.17, 15) is 18.0 Å². The van der Waals surface area contributed by atoms with Crippen LogP contribution in [-0.2, 0) is 11.0 Å². The topological polar surface area (TPSA) is 54.9 Å². The molecular weight excluding hydrogens is 375 g/mol. The summed E-state index contributed by atoms with van der Waals surface area (Å²) in [5.74, 6) is -0.376. The average Bonchev–Trinajstić information content (AvgIpc) is 2.67. The molecule has 4 nitrogen and oxygen atoms in total. The number of amides is 1. The summed E-state index contributed by atoms with van der Waals surface area (Å²) in [6.45, 7) is 0. The van der Waals surface area contributed by atoms with E-state index < -0.39 is 17.1 Å². The molecule has 0 fully saturated rings. The summed E-state index contributed by atoms with van der Waals surface area (Å²) in [7, 11) is 0. The Morgan fingerprint density at radius 2 is 1.59 bits per heavy atom. The third-order valence-electron chi connectivity index (χ3n) is 3.53. The van der Waals surface area contributed by atoms with E-state index in [0.717, 1.165) is 24.0 Å². The second-order valence-corrected chi connectivity index (χ2v) is 6.56. The minimum absolute atomic E-state index is 0.123. The molecule has 1 aromatic heterocycles. The maximum absolute atomic E-state index is 12.9. The highest BCUT2D eigenvalue weighted by molar-refractivity contribution is 8.00. The van der Waals surface area contributed by atoms with Crippen LogP contribution in [0.4, 0.5) is 18.9 Å². The van der Waals surface area contributed by atoms with Crippen LogP contribution in [0.3, 0.4) is 0 Å². The van der Waals surface area contributed by atoms with Crippen molar-refractivity contribution in [2.75, 3.05) is 5.32 Å². The van der Waals surface area contributed by atoms with E-state index >= 15 is 0 Å². The minimum Gasteiger partial charge on any atom is -0.325 e. The number of aromatic nitrogens is 2. The van der Waals surface area contributed by atoms with E-state index in [2.05, 4.69) is 15.3 Å². The van der Waals surface area contributed by atoms with Gasteiger partial charge in [-0.05, 0) is 23.8 Å². The zero-order chi connectivity index (χ0) is 19.3. The maximum atomic E-state index is 12.9. The molecule has 2 aromatic carbocycles. The van der Waals surface area contributed by atoms with Crippen molar-refractivity contribution in [1.29, 1.82) is 0 Å². The highest BCUT2D eigenvalue weighted by Gasteiger charge is 2.33. The zero-order valence-corrected chi connectivity index (χ0v) is 14.7. The number of nitrogens with one attached hydrogen (secondary N) is 1. The number of para-hydroxylation sites is 1. The van der Waals surface area contributed by atoms with Gasteiger partial charge < -0.3 is 5.32 Å². The van der Waals surface area contributed by atoms with Crippen LogP contribution >= 0.6 is 11.8 Å². The number of carbonyl (C=O) groups excluding carboxylic acids is 1. The Morgan fingerprint density at radius 1 is 0.963 bits per heavy atom. The summed E-state index contributed by atoms with van der Waals surface area (Å²) < 4.78 is 38.7.